The number of carboxylic acids is 1. The highest BCUT2D eigenvalue weighted by atomic mass is 35.5. The fourth-order valence-electron chi connectivity index (χ4n) is 1.33. The van der Waals surface area contributed by atoms with Gasteiger partial charge in [-0.3, -0.25) is 0 Å². The summed E-state index contributed by atoms with van der Waals surface area (Å²) < 4.78 is 0. The Morgan fingerprint density at radius 3 is 2.76 bits per heavy atom. The minimum Gasteiger partial charge on any atom is -0.478 e. The van der Waals surface area contributed by atoms with Gasteiger partial charge in [-0.2, -0.15) is 5.26 Å². The number of hydrogen-bond acceptors (Lipinski definition) is 3. The molecular formula is C11H10ClN3O2. The summed E-state index contributed by atoms with van der Waals surface area (Å²) in [7, 11) is 0. The molecule has 6 heteroatoms. The highest BCUT2D eigenvalue weighted by Crippen LogP contribution is 2.26. The lowest BCUT2D eigenvalue weighted by Gasteiger charge is -2.06. The molecule has 17 heavy (non-hydrogen) atoms. The first-order valence-electron chi connectivity index (χ1n) is 4.66. The predicted octanol–water partition coefficient (Wildman–Crippen LogP) is 1.79. The van der Waals surface area contributed by atoms with Crippen LogP contribution in [0, 0.1) is 18.3 Å². The summed E-state index contributed by atoms with van der Waals surface area (Å²) >= 11 is 5.49. The molecule has 0 amide bonds. The van der Waals surface area contributed by atoms with Crippen molar-refractivity contribution in [2.75, 3.05) is 5.88 Å². The van der Waals surface area contributed by atoms with E-state index >= 15 is 0 Å². The van der Waals surface area contributed by atoms with E-state index in [4.69, 9.17) is 27.7 Å². The molecule has 1 rings (SSSR count). The number of aryl methyl sites for hydroxylation is 1. The maximum absolute atomic E-state index is 11.1. The molecule has 0 aliphatic heterocycles. The van der Waals surface area contributed by atoms with Gasteiger partial charge in [-0.15, -0.1) is 11.6 Å². The van der Waals surface area contributed by atoms with Gasteiger partial charge in [0.2, 0.25) is 0 Å². The highest BCUT2D eigenvalue weighted by Gasteiger charge is 2.14. The second-order valence-electron chi connectivity index (χ2n) is 3.34. The maximum Gasteiger partial charge on any atom is 0.337 e. The van der Waals surface area contributed by atoms with Crippen LogP contribution in [0.3, 0.4) is 0 Å². The molecule has 1 aromatic carbocycles. The summed E-state index contributed by atoms with van der Waals surface area (Å²) in [6.07, 6.45) is 0. The van der Waals surface area contributed by atoms with Crippen molar-refractivity contribution in [1.29, 1.82) is 5.26 Å². The Kier molecular flexibility index (Phi) is 4.07. The molecule has 3 N–H and O–H groups in total. The van der Waals surface area contributed by atoms with Crippen LogP contribution in [0.4, 0.5) is 5.69 Å². The lowest BCUT2D eigenvalue weighted by atomic mass is 10.0. The summed E-state index contributed by atoms with van der Waals surface area (Å²) in [6.45, 7) is 1.66. The largest absolute Gasteiger partial charge is 0.478 e. The van der Waals surface area contributed by atoms with Crippen molar-refractivity contribution >= 4 is 29.1 Å². The van der Waals surface area contributed by atoms with Gasteiger partial charge >= 0.3 is 5.97 Å². The number of alkyl halides is 1. The Morgan fingerprint density at radius 1 is 1.65 bits per heavy atom. The van der Waals surface area contributed by atoms with Crippen molar-refractivity contribution in [3.8, 4) is 6.07 Å². The number of nitrogens with two attached hydrogens (primary N) is 1. The number of hydrogen-bond donors (Lipinski definition) is 2. The zero-order valence-corrected chi connectivity index (χ0v) is 9.82. The van der Waals surface area contributed by atoms with E-state index in [9.17, 15) is 4.79 Å². The monoisotopic (exact) mass is 251 g/mol. The lowest BCUT2D eigenvalue weighted by Crippen LogP contribution is -2.13. The Morgan fingerprint density at radius 2 is 2.29 bits per heavy atom. The van der Waals surface area contributed by atoms with E-state index in [1.54, 1.807) is 13.0 Å². The van der Waals surface area contributed by atoms with Gasteiger partial charge in [-0.05, 0) is 24.6 Å². The molecule has 0 unspecified atom stereocenters. The van der Waals surface area contributed by atoms with Crippen molar-refractivity contribution in [3.05, 3.63) is 28.8 Å². The summed E-state index contributed by atoms with van der Waals surface area (Å²) in [5.41, 5.74) is 6.48. The number of nitriles is 1. The zero-order valence-electron chi connectivity index (χ0n) is 9.07. The van der Waals surface area contributed by atoms with Gasteiger partial charge in [0, 0.05) is 0 Å². The maximum atomic E-state index is 11.1. The third-order valence-corrected chi connectivity index (χ3v) is 2.33. The molecular weight excluding hydrogens is 242 g/mol. The molecule has 0 saturated carbocycles. The number of carbonyl (C=O) groups is 1. The van der Waals surface area contributed by atoms with Gasteiger partial charge in [0.25, 0.3) is 0 Å². The topological polar surface area (TPSA) is 99.5 Å². The van der Waals surface area contributed by atoms with E-state index < -0.39 is 5.97 Å². The van der Waals surface area contributed by atoms with E-state index in [2.05, 4.69) is 4.99 Å². The summed E-state index contributed by atoms with van der Waals surface area (Å²) in [5, 5.41) is 17.8. The van der Waals surface area contributed by atoms with Gasteiger partial charge < -0.3 is 10.8 Å². The molecule has 88 valence electrons. The van der Waals surface area contributed by atoms with Gasteiger partial charge in [-0.1, -0.05) is 0 Å². The number of carboxylic acid groups (broad SMARTS) is 1. The van der Waals surface area contributed by atoms with E-state index in [0.29, 0.717) is 5.56 Å². The molecule has 0 radical (unpaired) electrons. The number of benzene rings is 1. The van der Waals surface area contributed by atoms with Crippen LogP contribution in [-0.4, -0.2) is 22.8 Å². The Labute approximate surface area is 103 Å². The zero-order chi connectivity index (χ0) is 13.0. The number of rotatable bonds is 3. The third kappa shape index (κ3) is 2.95. The van der Waals surface area contributed by atoms with Crippen LogP contribution in [-0.2, 0) is 0 Å². The molecule has 0 heterocycles. The van der Waals surface area contributed by atoms with Crippen LogP contribution in [0.1, 0.15) is 21.5 Å². The average Bonchev–Trinajstić information content (AvgIpc) is 2.30. The predicted molar refractivity (Wildman–Crippen MR) is 64.9 cm³/mol. The van der Waals surface area contributed by atoms with Crippen LogP contribution >= 0.6 is 11.6 Å². The molecule has 5 nitrogen and oxygen atoms in total. The number of amidine groups is 1. The van der Waals surface area contributed by atoms with Crippen LogP contribution < -0.4 is 5.73 Å². The lowest BCUT2D eigenvalue weighted by molar-refractivity contribution is 0.0697. The fourth-order valence-corrected chi connectivity index (χ4v) is 1.39. The molecule has 0 aliphatic carbocycles. The minimum atomic E-state index is -1.16. The molecule has 0 saturated heterocycles. The molecule has 0 aromatic heterocycles. The first kappa shape index (κ1) is 13.0. The summed E-state index contributed by atoms with van der Waals surface area (Å²) in [5.74, 6) is -1.02. The standard InChI is InChI=1S/C11H10ClN3O2/c1-6-2-7(5-13)3-8(11(16)17)10(6)15-9(14)4-12/h2-3H,4H2,1H3,(H2,14,15)(H,16,17). The number of aliphatic imine (C=N–C) groups is 1. The number of halogens is 1. The third-order valence-electron chi connectivity index (χ3n) is 2.05. The smallest absolute Gasteiger partial charge is 0.337 e. The van der Waals surface area contributed by atoms with Crippen LogP contribution in [0.5, 0.6) is 0 Å². The summed E-state index contributed by atoms with van der Waals surface area (Å²) in [6, 6.07) is 4.70. The second kappa shape index (κ2) is 5.32. The van der Waals surface area contributed by atoms with Crippen LogP contribution in [0.2, 0.25) is 0 Å². The van der Waals surface area contributed by atoms with Gasteiger partial charge in [0.05, 0.1) is 28.8 Å². The van der Waals surface area contributed by atoms with Crippen molar-refractivity contribution in [1.82, 2.24) is 0 Å². The van der Waals surface area contributed by atoms with E-state index in [0.717, 1.165) is 0 Å². The Bertz CT molecular complexity index is 532. The molecule has 0 spiro atoms. The normalized spacial score (nSPS) is 11.0. The fraction of sp³-hybridized carbons (Fsp3) is 0.182. The Hall–Kier alpha value is -2.06. The molecule has 0 bridgehead atoms. The minimum absolute atomic E-state index is 0.0124. The van der Waals surface area contributed by atoms with Gasteiger partial charge in [0.15, 0.2) is 0 Å². The van der Waals surface area contributed by atoms with Crippen LogP contribution in [0.15, 0.2) is 17.1 Å². The number of nitrogens with zero attached hydrogens (tertiary/aromatic N) is 2. The Balaban J connectivity index is 3.49. The molecule has 0 fully saturated rings. The first-order valence-corrected chi connectivity index (χ1v) is 5.20. The van der Waals surface area contributed by atoms with E-state index in [1.165, 1.54) is 6.07 Å². The van der Waals surface area contributed by atoms with Crippen molar-refractivity contribution in [2.24, 2.45) is 10.7 Å². The summed E-state index contributed by atoms with van der Waals surface area (Å²) in [4.78, 5) is 15.0. The molecule has 0 aliphatic rings. The first-order chi connectivity index (χ1) is 7.99. The van der Waals surface area contributed by atoms with Crippen molar-refractivity contribution in [2.45, 2.75) is 6.92 Å². The number of aromatic carboxylic acids is 1. The van der Waals surface area contributed by atoms with Crippen LogP contribution in [0.25, 0.3) is 0 Å². The quantitative estimate of drug-likeness (QED) is 0.486. The van der Waals surface area contributed by atoms with Gasteiger partial charge in [0.1, 0.15) is 5.84 Å². The molecule has 0 atom stereocenters. The SMILES string of the molecule is Cc1cc(C#N)cc(C(=O)O)c1N=C(N)CCl. The van der Waals surface area contributed by atoms with Crippen molar-refractivity contribution in [3.63, 3.8) is 0 Å². The van der Waals surface area contributed by atoms with Crippen molar-refractivity contribution < 1.29 is 9.90 Å². The molecule has 1 aromatic rings. The highest BCUT2D eigenvalue weighted by molar-refractivity contribution is 6.28. The average molecular weight is 252 g/mol. The second-order valence-corrected chi connectivity index (χ2v) is 3.61. The van der Waals surface area contributed by atoms with Gasteiger partial charge in [-0.25, -0.2) is 9.79 Å². The van der Waals surface area contributed by atoms with E-state index in [1.807, 2.05) is 6.07 Å². The van der Waals surface area contributed by atoms with E-state index in [-0.39, 0.29) is 28.5 Å².